The molecule has 1 rings (SSSR count). The van der Waals surface area contributed by atoms with Gasteiger partial charge < -0.3 is 9.64 Å². The Morgan fingerprint density at radius 1 is 1.36 bits per heavy atom. The second kappa shape index (κ2) is 8.70. The summed E-state index contributed by atoms with van der Waals surface area (Å²) in [4.78, 5) is 2.26. The number of anilines is 1. The van der Waals surface area contributed by atoms with Crippen LogP contribution in [0.4, 0.5) is 5.69 Å². The zero-order valence-electron chi connectivity index (χ0n) is 14.1. The Morgan fingerprint density at radius 3 is 2.55 bits per heavy atom. The minimum absolute atomic E-state index is 0.552. The predicted molar refractivity (Wildman–Crippen MR) is 94.6 cm³/mol. The third-order valence-corrected chi connectivity index (χ3v) is 3.79. The van der Waals surface area contributed by atoms with Crippen molar-refractivity contribution in [2.45, 2.75) is 27.7 Å². The van der Waals surface area contributed by atoms with Crippen LogP contribution in [0.2, 0.25) is 0 Å². The minimum atomic E-state index is 0.552. The molecule has 0 radical (unpaired) electrons. The first-order valence-electron chi connectivity index (χ1n) is 7.51. The van der Waals surface area contributed by atoms with Gasteiger partial charge in [0.1, 0.15) is 5.75 Å². The van der Waals surface area contributed by atoms with Gasteiger partial charge in [0, 0.05) is 41.9 Å². The van der Waals surface area contributed by atoms with Gasteiger partial charge in [0.05, 0.1) is 13.2 Å². The Kier molecular flexibility index (Phi) is 7.27. The lowest BCUT2D eigenvalue weighted by atomic mass is 10.0. The lowest BCUT2D eigenvalue weighted by Gasteiger charge is -2.27. The number of rotatable bonds is 7. The van der Waals surface area contributed by atoms with Gasteiger partial charge in [-0.05, 0) is 37.5 Å². The molecule has 0 N–H and O–H groups in total. The van der Waals surface area contributed by atoms with Crippen LogP contribution in [0.5, 0.6) is 5.75 Å². The molecule has 0 spiro atoms. The van der Waals surface area contributed by atoms with E-state index in [1.807, 2.05) is 26.0 Å². The van der Waals surface area contributed by atoms with E-state index >= 15 is 0 Å². The fourth-order valence-electron chi connectivity index (χ4n) is 2.34. The van der Waals surface area contributed by atoms with Crippen LogP contribution in [0, 0.1) is 17.2 Å². The zero-order valence-corrected chi connectivity index (χ0v) is 14.9. The van der Waals surface area contributed by atoms with Crippen molar-refractivity contribution in [1.29, 1.82) is 5.26 Å². The smallest absolute Gasteiger partial charge is 0.128 e. The normalized spacial score (nSPS) is 11.9. The molecule has 1 aromatic rings. The van der Waals surface area contributed by atoms with Crippen LogP contribution in [0.15, 0.2) is 23.8 Å². The van der Waals surface area contributed by atoms with E-state index in [4.69, 9.17) is 21.6 Å². The molecule has 0 fully saturated rings. The Bertz CT molecular complexity index is 573. The number of allylic oxidation sites excluding steroid dienone is 2. The highest BCUT2D eigenvalue weighted by Gasteiger charge is 2.13. The van der Waals surface area contributed by atoms with Crippen molar-refractivity contribution in [2.75, 3.05) is 31.0 Å². The van der Waals surface area contributed by atoms with E-state index in [1.165, 1.54) is 0 Å². The van der Waals surface area contributed by atoms with Gasteiger partial charge in [0.2, 0.25) is 0 Å². The average Bonchev–Trinajstić information content (AvgIpc) is 2.51. The molecule has 0 aliphatic heterocycles. The van der Waals surface area contributed by atoms with Crippen molar-refractivity contribution in [3.63, 3.8) is 0 Å². The van der Waals surface area contributed by atoms with Crippen molar-refractivity contribution in [3.8, 4) is 11.8 Å². The summed E-state index contributed by atoms with van der Waals surface area (Å²) in [5.74, 6) is 1.92. The lowest BCUT2D eigenvalue weighted by Crippen LogP contribution is -2.29. The van der Waals surface area contributed by atoms with E-state index in [1.54, 1.807) is 7.11 Å². The number of nitriles is 1. The van der Waals surface area contributed by atoms with Gasteiger partial charge in [-0.2, -0.15) is 5.26 Å². The van der Waals surface area contributed by atoms with Gasteiger partial charge in [-0.15, -0.1) is 11.6 Å². The molecule has 120 valence electrons. The van der Waals surface area contributed by atoms with Gasteiger partial charge in [-0.1, -0.05) is 13.8 Å². The molecular formula is C18H25ClN2O. The summed E-state index contributed by atoms with van der Waals surface area (Å²) in [5, 5.41) is 9.07. The first-order valence-corrected chi connectivity index (χ1v) is 8.04. The number of halogens is 1. The number of methoxy groups -OCH3 is 1. The number of hydrogen-bond donors (Lipinski definition) is 0. The summed E-state index contributed by atoms with van der Waals surface area (Å²) in [7, 11) is 1.66. The van der Waals surface area contributed by atoms with Gasteiger partial charge in [-0.3, -0.25) is 0 Å². The van der Waals surface area contributed by atoms with Crippen LogP contribution in [0.1, 0.15) is 33.3 Å². The van der Waals surface area contributed by atoms with Gasteiger partial charge in [0.15, 0.2) is 0 Å². The van der Waals surface area contributed by atoms with E-state index < -0.39 is 0 Å². The monoisotopic (exact) mass is 320 g/mol. The van der Waals surface area contributed by atoms with E-state index in [-0.39, 0.29) is 0 Å². The highest BCUT2D eigenvalue weighted by atomic mass is 35.5. The third-order valence-electron chi connectivity index (χ3n) is 3.62. The van der Waals surface area contributed by atoms with Crippen molar-refractivity contribution in [2.24, 2.45) is 5.92 Å². The Labute approximate surface area is 139 Å². The van der Waals surface area contributed by atoms with Gasteiger partial charge >= 0.3 is 0 Å². The topological polar surface area (TPSA) is 36.3 Å². The summed E-state index contributed by atoms with van der Waals surface area (Å²) >= 11 is 5.93. The summed E-state index contributed by atoms with van der Waals surface area (Å²) in [5.41, 5.74) is 3.70. The molecule has 0 saturated heterocycles. The van der Waals surface area contributed by atoms with Crippen LogP contribution >= 0.6 is 11.6 Å². The molecule has 0 saturated carbocycles. The van der Waals surface area contributed by atoms with Crippen LogP contribution in [0.3, 0.4) is 0 Å². The van der Waals surface area contributed by atoms with Crippen LogP contribution in [-0.2, 0) is 0 Å². The minimum Gasteiger partial charge on any atom is -0.496 e. The van der Waals surface area contributed by atoms with Crippen molar-refractivity contribution >= 4 is 22.9 Å². The molecule has 3 nitrogen and oxygen atoms in total. The lowest BCUT2D eigenvalue weighted by molar-refractivity contribution is 0.413. The summed E-state index contributed by atoms with van der Waals surface area (Å²) in [6.45, 7) is 9.89. The first-order chi connectivity index (χ1) is 10.4. The maximum absolute atomic E-state index is 9.07. The molecule has 0 heterocycles. The maximum atomic E-state index is 9.07. The number of nitrogens with zero attached hydrogens (tertiary/aromatic N) is 2. The van der Waals surface area contributed by atoms with Crippen molar-refractivity contribution in [3.05, 3.63) is 29.3 Å². The zero-order chi connectivity index (χ0) is 16.7. The van der Waals surface area contributed by atoms with E-state index in [9.17, 15) is 0 Å². The Morgan fingerprint density at radius 2 is 2.05 bits per heavy atom. The number of alkyl halides is 1. The molecular weight excluding hydrogens is 296 g/mol. The standard InChI is InChI=1S/C18H25ClN2O/c1-13(2)12-21(9-8-19)16-6-7-17(18(10-16)22-5)15(4)14(3)11-20/h6-7,10,13H,8-9,12H2,1-5H3/b15-14+. The molecule has 0 atom stereocenters. The summed E-state index contributed by atoms with van der Waals surface area (Å²) < 4.78 is 5.53. The summed E-state index contributed by atoms with van der Waals surface area (Å²) in [6.07, 6.45) is 0. The highest BCUT2D eigenvalue weighted by Crippen LogP contribution is 2.32. The van der Waals surface area contributed by atoms with Crippen LogP contribution in [0.25, 0.3) is 5.57 Å². The first kappa shape index (κ1) is 18.4. The molecule has 4 heteroatoms. The molecule has 0 aliphatic rings. The van der Waals surface area contributed by atoms with Gasteiger partial charge in [-0.25, -0.2) is 0 Å². The molecule has 22 heavy (non-hydrogen) atoms. The average molecular weight is 321 g/mol. The molecule has 1 aromatic carbocycles. The third kappa shape index (κ3) is 4.68. The summed E-state index contributed by atoms with van der Waals surface area (Å²) in [6, 6.07) is 8.31. The van der Waals surface area contributed by atoms with E-state index in [2.05, 4.69) is 30.9 Å². The second-order valence-electron chi connectivity index (χ2n) is 5.78. The highest BCUT2D eigenvalue weighted by molar-refractivity contribution is 6.18. The predicted octanol–water partition coefficient (Wildman–Crippen LogP) is 4.71. The van der Waals surface area contributed by atoms with Crippen molar-refractivity contribution < 1.29 is 4.74 Å². The largest absolute Gasteiger partial charge is 0.496 e. The quantitative estimate of drug-likeness (QED) is 0.539. The Hall–Kier alpha value is -1.66. The number of hydrogen-bond acceptors (Lipinski definition) is 3. The molecule has 0 aromatic heterocycles. The maximum Gasteiger partial charge on any atom is 0.128 e. The number of ether oxygens (including phenoxy) is 1. The van der Waals surface area contributed by atoms with Crippen LogP contribution in [-0.4, -0.2) is 26.1 Å². The molecule has 0 unspecified atom stereocenters. The van der Waals surface area contributed by atoms with Crippen LogP contribution < -0.4 is 9.64 Å². The Balaban J connectivity index is 3.24. The second-order valence-corrected chi connectivity index (χ2v) is 6.15. The fraction of sp³-hybridized carbons (Fsp3) is 0.500. The van der Waals surface area contributed by atoms with E-state index in [0.29, 0.717) is 17.4 Å². The van der Waals surface area contributed by atoms with Gasteiger partial charge in [0.25, 0.3) is 0 Å². The SMILES string of the molecule is COc1cc(N(CCCl)CC(C)C)ccc1/C(C)=C(\C)C#N. The number of benzene rings is 1. The molecule has 0 bridgehead atoms. The molecule has 0 amide bonds. The molecule has 0 aliphatic carbocycles. The van der Waals surface area contributed by atoms with Crippen molar-refractivity contribution in [1.82, 2.24) is 0 Å². The van der Waals surface area contributed by atoms with E-state index in [0.717, 1.165) is 35.7 Å². The fourth-order valence-corrected chi connectivity index (χ4v) is 2.54.